The van der Waals surface area contributed by atoms with Crippen molar-refractivity contribution < 1.29 is 19.1 Å². The maximum atomic E-state index is 12.2. The normalized spacial score (nSPS) is 13.1. The number of ether oxygens (including phenoxy) is 2. The molecule has 0 saturated carbocycles. The van der Waals surface area contributed by atoms with E-state index in [0.717, 1.165) is 12.0 Å². The molecule has 1 aromatic carbocycles. The highest BCUT2D eigenvalue weighted by atomic mass is 16.6. The highest BCUT2D eigenvalue weighted by Gasteiger charge is 2.26. The Bertz CT molecular complexity index is 475. The van der Waals surface area contributed by atoms with Gasteiger partial charge in [-0.3, -0.25) is 4.79 Å². The van der Waals surface area contributed by atoms with E-state index in [1.54, 1.807) is 7.05 Å². The van der Waals surface area contributed by atoms with Crippen molar-refractivity contribution in [2.24, 2.45) is 5.92 Å². The van der Waals surface area contributed by atoms with Crippen molar-refractivity contribution in [1.29, 1.82) is 0 Å². The second kappa shape index (κ2) is 9.07. The van der Waals surface area contributed by atoms with Crippen LogP contribution in [0.4, 0.5) is 4.79 Å². The smallest absolute Gasteiger partial charge is 0.410 e. The van der Waals surface area contributed by atoms with E-state index in [2.05, 4.69) is 0 Å². The third kappa shape index (κ3) is 5.76. The van der Waals surface area contributed by atoms with E-state index in [1.165, 1.54) is 11.8 Å². The highest BCUT2D eigenvalue weighted by Crippen LogP contribution is 2.16. The van der Waals surface area contributed by atoms with E-state index in [4.69, 9.17) is 9.47 Å². The monoisotopic (exact) mass is 307 g/mol. The second-order valence-electron chi connectivity index (χ2n) is 5.41. The van der Waals surface area contributed by atoms with Gasteiger partial charge in [-0.15, -0.1) is 0 Å². The van der Waals surface area contributed by atoms with Gasteiger partial charge < -0.3 is 14.4 Å². The number of hydrogen-bond donors (Lipinski definition) is 0. The molecule has 0 aliphatic rings. The summed E-state index contributed by atoms with van der Waals surface area (Å²) >= 11 is 0. The Morgan fingerprint density at radius 2 is 1.82 bits per heavy atom. The van der Waals surface area contributed by atoms with E-state index in [0.29, 0.717) is 0 Å². The molecule has 0 N–H and O–H groups in total. The molecule has 2 atom stereocenters. The van der Waals surface area contributed by atoms with Gasteiger partial charge in [0, 0.05) is 14.0 Å². The summed E-state index contributed by atoms with van der Waals surface area (Å²) in [5, 5.41) is 0. The number of nitrogens with zero attached hydrogens (tertiary/aromatic N) is 1. The van der Waals surface area contributed by atoms with Gasteiger partial charge in [0.1, 0.15) is 13.2 Å². The maximum Gasteiger partial charge on any atom is 0.410 e. The van der Waals surface area contributed by atoms with Crippen LogP contribution in [0.5, 0.6) is 0 Å². The lowest BCUT2D eigenvalue weighted by atomic mass is 9.99. The third-order valence-electron chi connectivity index (χ3n) is 3.75. The van der Waals surface area contributed by atoms with Crippen molar-refractivity contribution in [2.75, 3.05) is 13.7 Å². The molecule has 5 nitrogen and oxygen atoms in total. The van der Waals surface area contributed by atoms with Crippen molar-refractivity contribution in [2.45, 2.75) is 39.8 Å². The van der Waals surface area contributed by atoms with Crippen LogP contribution >= 0.6 is 0 Å². The molecule has 5 heteroatoms. The summed E-state index contributed by atoms with van der Waals surface area (Å²) in [4.78, 5) is 24.7. The molecular weight excluding hydrogens is 282 g/mol. The number of likely N-dealkylation sites (N-methyl/N-ethyl adjacent to an activating group) is 1. The molecule has 0 spiro atoms. The number of hydrogen-bond acceptors (Lipinski definition) is 4. The van der Waals surface area contributed by atoms with E-state index < -0.39 is 6.09 Å². The number of carbonyl (C=O) groups excluding carboxylic acids is 2. The lowest BCUT2D eigenvalue weighted by Crippen LogP contribution is -2.44. The Kier molecular flexibility index (Phi) is 7.43. The number of esters is 1. The topological polar surface area (TPSA) is 55.8 Å². The van der Waals surface area contributed by atoms with Crippen molar-refractivity contribution in [3.05, 3.63) is 35.9 Å². The zero-order chi connectivity index (χ0) is 16.5. The van der Waals surface area contributed by atoms with Crippen LogP contribution in [0.15, 0.2) is 30.3 Å². The number of carbonyl (C=O) groups is 2. The lowest BCUT2D eigenvalue weighted by Gasteiger charge is -2.31. The van der Waals surface area contributed by atoms with Gasteiger partial charge in [-0.25, -0.2) is 4.79 Å². The first-order valence-electron chi connectivity index (χ1n) is 7.52. The number of benzene rings is 1. The van der Waals surface area contributed by atoms with Crippen molar-refractivity contribution >= 4 is 12.1 Å². The van der Waals surface area contributed by atoms with Crippen LogP contribution in [0.25, 0.3) is 0 Å². The average molecular weight is 307 g/mol. The molecule has 0 aliphatic carbocycles. The summed E-state index contributed by atoms with van der Waals surface area (Å²) in [5.74, 6) is -0.145. The van der Waals surface area contributed by atoms with Crippen molar-refractivity contribution in [3.8, 4) is 0 Å². The van der Waals surface area contributed by atoms with E-state index in [9.17, 15) is 9.59 Å². The lowest BCUT2D eigenvalue weighted by molar-refractivity contribution is -0.143. The minimum atomic E-state index is -0.415. The molecule has 1 amide bonds. The minimum absolute atomic E-state index is 0.182. The average Bonchev–Trinajstić information content (AvgIpc) is 2.52. The predicted octanol–water partition coefficient (Wildman–Crippen LogP) is 3.23. The van der Waals surface area contributed by atoms with Gasteiger partial charge in [0.2, 0.25) is 0 Å². The molecule has 0 aliphatic heterocycles. The third-order valence-corrected chi connectivity index (χ3v) is 3.75. The number of rotatable bonds is 7. The van der Waals surface area contributed by atoms with E-state index >= 15 is 0 Å². The van der Waals surface area contributed by atoms with Gasteiger partial charge >= 0.3 is 12.1 Å². The molecule has 0 radical (unpaired) electrons. The first kappa shape index (κ1) is 18.0. The van der Waals surface area contributed by atoms with Crippen molar-refractivity contribution in [3.63, 3.8) is 0 Å². The summed E-state index contributed by atoms with van der Waals surface area (Å²) < 4.78 is 10.4. The molecule has 0 aromatic heterocycles. The Labute approximate surface area is 132 Å². The van der Waals surface area contributed by atoms with E-state index in [-0.39, 0.29) is 31.1 Å². The summed E-state index contributed by atoms with van der Waals surface area (Å²) in [5.41, 5.74) is 0.935. The standard InChI is InChI=1S/C17H25NO4/c1-5-13(2)16(12-21-14(3)19)18(4)17(20)22-11-15-9-7-6-8-10-15/h6-10,13,16H,5,11-12H2,1-4H3/t13-,16+/m0/s1. The predicted molar refractivity (Wildman–Crippen MR) is 84.3 cm³/mol. The summed E-state index contributed by atoms with van der Waals surface area (Å²) in [7, 11) is 1.67. The van der Waals surface area contributed by atoms with Gasteiger partial charge in [0.05, 0.1) is 6.04 Å². The largest absolute Gasteiger partial charge is 0.464 e. The molecule has 122 valence electrons. The van der Waals surface area contributed by atoms with Crippen LogP contribution in [-0.2, 0) is 20.9 Å². The van der Waals surface area contributed by atoms with Gasteiger partial charge in [-0.1, -0.05) is 50.6 Å². The summed E-state index contributed by atoms with van der Waals surface area (Å²) in [6, 6.07) is 9.31. The Balaban J connectivity index is 2.60. The zero-order valence-electron chi connectivity index (χ0n) is 13.7. The summed E-state index contributed by atoms with van der Waals surface area (Å²) in [6.07, 6.45) is 0.462. The van der Waals surface area contributed by atoms with Crippen LogP contribution in [-0.4, -0.2) is 36.7 Å². The Morgan fingerprint density at radius 3 is 2.36 bits per heavy atom. The van der Waals surface area contributed by atoms with Crippen LogP contribution in [0.2, 0.25) is 0 Å². The Morgan fingerprint density at radius 1 is 1.18 bits per heavy atom. The van der Waals surface area contributed by atoms with Gasteiger partial charge in [0.25, 0.3) is 0 Å². The molecule has 1 aromatic rings. The maximum absolute atomic E-state index is 12.2. The first-order valence-corrected chi connectivity index (χ1v) is 7.52. The van der Waals surface area contributed by atoms with Crippen LogP contribution in [0.1, 0.15) is 32.8 Å². The molecule has 0 bridgehead atoms. The van der Waals surface area contributed by atoms with Crippen molar-refractivity contribution in [1.82, 2.24) is 4.90 Å². The van der Waals surface area contributed by atoms with Crippen LogP contribution in [0.3, 0.4) is 0 Å². The highest BCUT2D eigenvalue weighted by molar-refractivity contribution is 5.68. The van der Waals surface area contributed by atoms with Crippen LogP contribution in [0, 0.1) is 5.92 Å². The molecule has 0 unspecified atom stereocenters. The molecule has 0 saturated heterocycles. The fraction of sp³-hybridized carbons (Fsp3) is 0.529. The molecule has 0 heterocycles. The quantitative estimate of drug-likeness (QED) is 0.726. The molecule has 22 heavy (non-hydrogen) atoms. The first-order chi connectivity index (χ1) is 10.5. The fourth-order valence-electron chi connectivity index (χ4n) is 2.09. The second-order valence-corrected chi connectivity index (χ2v) is 5.41. The zero-order valence-corrected chi connectivity index (χ0v) is 13.7. The Hall–Kier alpha value is -2.04. The SMILES string of the molecule is CC[C@H](C)[C@@H](COC(C)=O)N(C)C(=O)OCc1ccccc1. The molecular formula is C17H25NO4. The van der Waals surface area contributed by atoms with Gasteiger partial charge in [-0.2, -0.15) is 0 Å². The molecule has 0 fully saturated rings. The minimum Gasteiger partial charge on any atom is -0.464 e. The molecule has 1 rings (SSSR count). The van der Waals surface area contributed by atoms with Gasteiger partial charge in [0.15, 0.2) is 0 Å². The number of amides is 1. The summed E-state index contributed by atoms with van der Waals surface area (Å²) in [6.45, 7) is 5.83. The van der Waals surface area contributed by atoms with Gasteiger partial charge in [-0.05, 0) is 11.5 Å². The van der Waals surface area contributed by atoms with E-state index in [1.807, 2.05) is 44.2 Å². The van der Waals surface area contributed by atoms with Crippen LogP contribution < -0.4 is 0 Å². The fourth-order valence-corrected chi connectivity index (χ4v) is 2.09.